The molecule has 0 spiro atoms. The fraction of sp³-hybridized carbons (Fsp3) is 0.214. The smallest absolute Gasteiger partial charge is 0.306 e. The van der Waals surface area contributed by atoms with Gasteiger partial charge in [0, 0.05) is 9.75 Å². The predicted octanol–water partition coefficient (Wildman–Crippen LogP) is 1.27. The van der Waals surface area contributed by atoms with Crippen LogP contribution in [-0.2, 0) is 23.0 Å². The fourth-order valence-electron chi connectivity index (χ4n) is 2.30. The first-order valence-electron chi connectivity index (χ1n) is 6.68. The lowest BCUT2D eigenvalue weighted by Gasteiger charge is -2.00. The van der Waals surface area contributed by atoms with Gasteiger partial charge in [0.05, 0.1) is 23.3 Å². The average Bonchev–Trinajstić information content (AvgIpc) is 3.02. The van der Waals surface area contributed by atoms with Crippen molar-refractivity contribution >= 4 is 32.4 Å². The molecule has 0 fully saturated rings. The number of primary sulfonamides is 1. The summed E-state index contributed by atoms with van der Waals surface area (Å²) in [5.74, 6) is -0.0695. The Labute approximate surface area is 131 Å². The topological polar surface area (TPSA) is 97.9 Å². The Morgan fingerprint density at radius 3 is 2.64 bits per heavy atom. The molecular weight excluding hydrogens is 322 g/mol. The van der Waals surface area contributed by atoms with Crippen LogP contribution < -0.4 is 10.8 Å². The van der Waals surface area contributed by atoms with Gasteiger partial charge in [-0.1, -0.05) is 12.1 Å². The van der Waals surface area contributed by atoms with E-state index in [2.05, 4.69) is 4.98 Å². The van der Waals surface area contributed by atoms with Gasteiger partial charge in [0.1, 0.15) is 0 Å². The molecule has 1 aromatic carbocycles. The molecular formula is C14H15N3O3S2. The van der Waals surface area contributed by atoms with Crippen LogP contribution in [0.5, 0.6) is 0 Å². The van der Waals surface area contributed by atoms with Crippen LogP contribution >= 0.6 is 11.3 Å². The Hall–Kier alpha value is -1.90. The molecule has 3 N–H and O–H groups in total. The standard InChI is InChI=1S/C14H15N3O3S2/c15-22(19,20)8-7-10-5-6-11(21-10)9-17-13-4-2-1-3-12(13)16-14(17)18/h1-6H,7-9H2,(H,16,18)(H2,15,19,20). The number of para-hydroxylation sites is 2. The van der Waals surface area contributed by atoms with E-state index in [9.17, 15) is 13.2 Å². The minimum absolute atomic E-state index is 0.0695. The van der Waals surface area contributed by atoms with Crippen LogP contribution in [0.1, 0.15) is 9.75 Å². The number of hydrogen-bond acceptors (Lipinski definition) is 4. The second-order valence-corrected chi connectivity index (χ2v) is 8.01. The summed E-state index contributed by atoms with van der Waals surface area (Å²) in [4.78, 5) is 16.8. The minimum atomic E-state index is -3.45. The number of thiophene rings is 1. The number of nitrogens with two attached hydrogens (primary N) is 1. The normalized spacial score (nSPS) is 12.0. The Kier molecular flexibility index (Phi) is 3.90. The predicted molar refractivity (Wildman–Crippen MR) is 87.7 cm³/mol. The van der Waals surface area contributed by atoms with Crippen LogP contribution in [0.25, 0.3) is 11.0 Å². The molecule has 2 heterocycles. The first-order chi connectivity index (χ1) is 10.4. The molecule has 116 valence electrons. The molecule has 3 rings (SSSR count). The summed E-state index contributed by atoms with van der Waals surface area (Å²) in [6, 6.07) is 11.3. The molecule has 0 radical (unpaired) electrons. The van der Waals surface area contributed by atoms with Gasteiger partial charge in [-0.15, -0.1) is 11.3 Å². The number of aromatic nitrogens is 2. The van der Waals surface area contributed by atoms with Gasteiger partial charge in [0.2, 0.25) is 10.0 Å². The summed E-state index contributed by atoms with van der Waals surface area (Å²) in [6.07, 6.45) is 0.395. The van der Waals surface area contributed by atoms with Gasteiger partial charge < -0.3 is 4.98 Å². The van der Waals surface area contributed by atoms with Crippen LogP contribution in [0.3, 0.4) is 0 Å². The van der Waals surface area contributed by atoms with Gasteiger partial charge in [0.25, 0.3) is 0 Å². The van der Waals surface area contributed by atoms with Crippen molar-refractivity contribution in [2.24, 2.45) is 5.14 Å². The number of benzene rings is 1. The zero-order chi connectivity index (χ0) is 15.7. The van der Waals surface area contributed by atoms with Gasteiger partial charge in [-0.2, -0.15) is 0 Å². The van der Waals surface area contributed by atoms with Gasteiger partial charge in [-0.05, 0) is 30.7 Å². The lowest BCUT2D eigenvalue weighted by molar-refractivity contribution is 0.597. The van der Waals surface area contributed by atoms with Gasteiger partial charge in [-0.3, -0.25) is 4.57 Å². The number of aromatic amines is 1. The van der Waals surface area contributed by atoms with Crippen LogP contribution in [0.15, 0.2) is 41.2 Å². The monoisotopic (exact) mass is 337 g/mol. The molecule has 22 heavy (non-hydrogen) atoms. The van der Waals surface area contributed by atoms with E-state index in [0.717, 1.165) is 20.8 Å². The highest BCUT2D eigenvalue weighted by Gasteiger charge is 2.09. The van der Waals surface area contributed by atoms with Crippen molar-refractivity contribution in [2.45, 2.75) is 13.0 Å². The summed E-state index contributed by atoms with van der Waals surface area (Å²) in [7, 11) is -3.45. The summed E-state index contributed by atoms with van der Waals surface area (Å²) < 4.78 is 23.7. The number of nitrogens with one attached hydrogen (secondary N) is 1. The molecule has 8 heteroatoms. The molecule has 6 nitrogen and oxygen atoms in total. The second kappa shape index (κ2) is 5.71. The van der Waals surface area contributed by atoms with Crippen LogP contribution in [-0.4, -0.2) is 23.7 Å². The molecule has 0 saturated heterocycles. The third kappa shape index (κ3) is 3.29. The lowest BCUT2D eigenvalue weighted by atomic mass is 10.3. The van der Waals surface area contributed by atoms with E-state index >= 15 is 0 Å². The largest absolute Gasteiger partial charge is 0.326 e. The van der Waals surface area contributed by atoms with E-state index in [0.29, 0.717) is 13.0 Å². The minimum Gasteiger partial charge on any atom is -0.306 e. The molecule has 0 amide bonds. The number of imidazole rings is 1. The van der Waals surface area contributed by atoms with E-state index in [1.165, 1.54) is 11.3 Å². The van der Waals surface area contributed by atoms with Crippen molar-refractivity contribution in [3.8, 4) is 0 Å². The number of rotatable bonds is 5. The zero-order valence-electron chi connectivity index (χ0n) is 11.7. The van der Waals surface area contributed by atoms with Crippen molar-refractivity contribution in [3.05, 3.63) is 56.6 Å². The average molecular weight is 337 g/mol. The second-order valence-electron chi connectivity index (χ2n) is 5.02. The highest BCUT2D eigenvalue weighted by atomic mass is 32.2. The first-order valence-corrected chi connectivity index (χ1v) is 9.21. The molecule has 0 bridgehead atoms. The number of nitrogens with zero attached hydrogens (tertiary/aromatic N) is 1. The number of aryl methyl sites for hydroxylation is 1. The fourth-order valence-corrected chi connectivity index (χ4v) is 3.94. The third-order valence-electron chi connectivity index (χ3n) is 3.35. The van der Waals surface area contributed by atoms with E-state index < -0.39 is 10.0 Å². The van der Waals surface area contributed by atoms with Gasteiger partial charge in [-0.25, -0.2) is 18.4 Å². The highest BCUT2D eigenvalue weighted by Crippen LogP contribution is 2.19. The van der Waals surface area contributed by atoms with E-state index in [1.54, 1.807) is 4.57 Å². The van der Waals surface area contributed by atoms with Gasteiger partial charge in [0.15, 0.2) is 0 Å². The zero-order valence-corrected chi connectivity index (χ0v) is 13.3. The Bertz CT molecular complexity index is 967. The summed E-state index contributed by atoms with van der Waals surface area (Å²) >= 11 is 1.50. The lowest BCUT2D eigenvalue weighted by Crippen LogP contribution is -2.17. The van der Waals surface area contributed by atoms with Crippen molar-refractivity contribution < 1.29 is 8.42 Å². The molecule has 0 unspecified atom stereocenters. The molecule has 0 atom stereocenters. The van der Waals surface area contributed by atoms with Crippen LogP contribution in [0.2, 0.25) is 0 Å². The van der Waals surface area contributed by atoms with Crippen molar-refractivity contribution in [3.63, 3.8) is 0 Å². The Balaban J connectivity index is 1.82. The van der Waals surface area contributed by atoms with Crippen molar-refractivity contribution in [2.75, 3.05) is 5.75 Å². The summed E-state index contributed by atoms with van der Waals surface area (Å²) in [5, 5.41) is 5.01. The van der Waals surface area contributed by atoms with Crippen molar-refractivity contribution in [1.82, 2.24) is 9.55 Å². The quantitative estimate of drug-likeness (QED) is 0.733. The number of sulfonamides is 1. The van der Waals surface area contributed by atoms with Crippen LogP contribution in [0, 0.1) is 0 Å². The number of H-pyrrole nitrogens is 1. The van der Waals surface area contributed by atoms with Crippen LogP contribution in [0.4, 0.5) is 0 Å². The highest BCUT2D eigenvalue weighted by molar-refractivity contribution is 7.89. The number of fused-ring (bicyclic) bond motifs is 1. The Morgan fingerprint density at radius 1 is 1.14 bits per heavy atom. The molecule has 0 aliphatic carbocycles. The van der Waals surface area contributed by atoms with E-state index in [1.807, 2.05) is 36.4 Å². The molecule has 2 aromatic heterocycles. The third-order valence-corrected chi connectivity index (χ3v) is 5.25. The van der Waals surface area contributed by atoms with Gasteiger partial charge >= 0.3 is 5.69 Å². The molecule has 0 saturated carbocycles. The maximum absolute atomic E-state index is 12.0. The first kappa shape index (κ1) is 15.0. The SMILES string of the molecule is NS(=O)(=O)CCc1ccc(Cn2c(=O)[nH]c3ccccc32)s1. The maximum Gasteiger partial charge on any atom is 0.326 e. The van der Waals surface area contributed by atoms with E-state index in [4.69, 9.17) is 5.14 Å². The maximum atomic E-state index is 12.0. The Morgan fingerprint density at radius 2 is 1.86 bits per heavy atom. The molecule has 0 aliphatic heterocycles. The summed E-state index contributed by atoms with van der Waals surface area (Å²) in [5.41, 5.74) is 1.51. The van der Waals surface area contributed by atoms with E-state index in [-0.39, 0.29) is 11.4 Å². The van der Waals surface area contributed by atoms with Crippen molar-refractivity contribution in [1.29, 1.82) is 0 Å². The summed E-state index contributed by atoms with van der Waals surface area (Å²) in [6.45, 7) is 0.461. The molecule has 3 aromatic rings. The number of hydrogen-bond donors (Lipinski definition) is 2. The molecule has 0 aliphatic rings.